The number of rotatable bonds is 2. The summed E-state index contributed by atoms with van der Waals surface area (Å²) in [6.07, 6.45) is 2.29. The molecular formula is C17H19N3O2. The van der Waals surface area contributed by atoms with Gasteiger partial charge in [0, 0.05) is 24.7 Å². The fraction of sp³-hybridized carbons (Fsp3) is 0.353. The van der Waals surface area contributed by atoms with Gasteiger partial charge in [-0.2, -0.15) is 5.10 Å². The Morgan fingerprint density at radius 1 is 1.36 bits per heavy atom. The summed E-state index contributed by atoms with van der Waals surface area (Å²) in [4.78, 5) is 24.0. The number of fused-ring (bicyclic) bond motifs is 1. The van der Waals surface area contributed by atoms with Crippen LogP contribution in [-0.2, 0) is 19.9 Å². The summed E-state index contributed by atoms with van der Waals surface area (Å²) in [6, 6.07) is 9.23. The molecule has 5 heteroatoms. The summed E-state index contributed by atoms with van der Waals surface area (Å²) in [5, 5.41) is 7.35. The summed E-state index contributed by atoms with van der Waals surface area (Å²) in [5.41, 5.74) is 3.54. The first-order chi connectivity index (χ1) is 10.5. The van der Waals surface area contributed by atoms with Crippen molar-refractivity contribution in [2.24, 2.45) is 7.05 Å². The molecule has 1 aromatic carbocycles. The number of nitrogens with one attached hydrogen (secondary N) is 1. The Bertz CT molecular complexity index is 780. The van der Waals surface area contributed by atoms with Gasteiger partial charge < -0.3 is 5.32 Å². The van der Waals surface area contributed by atoms with E-state index in [-0.39, 0.29) is 17.5 Å². The highest BCUT2D eigenvalue weighted by Crippen LogP contribution is 2.18. The Morgan fingerprint density at radius 3 is 2.95 bits per heavy atom. The standard InChI is InChI=1S/C17H19N3O2/c1-11-4-3-5-12(8-11)17(22)18-14-6-7-15-13(9-14)10-16(21)20(2)19-15/h3-5,8,10,14H,6-7,9H2,1-2H3,(H,18,22). The predicted octanol–water partition coefficient (Wildman–Crippen LogP) is 1.38. The lowest BCUT2D eigenvalue weighted by Crippen LogP contribution is -2.40. The van der Waals surface area contributed by atoms with Crippen LogP contribution in [0.4, 0.5) is 0 Å². The molecule has 3 rings (SSSR count). The number of hydrogen-bond acceptors (Lipinski definition) is 3. The van der Waals surface area contributed by atoms with Gasteiger partial charge in [0.05, 0.1) is 5.69 Å². The van der Waals surface area contributed by atoms with Crippen molar-refractivity contribution in [2.75, 3.05) is 0 Å². The molecule has 1 amide bonds. The van der Waals surface area contributed by atoms with Gasteiger partial charge in [-0.15, -0.1) is 0 Å². The van der Waals surface area contributed by atoms with Crippen LogP contribution >= 0.6 is 0 Å². The van der Waals surface area contributed by atoms with E-state index in [2.05, 4.69) is 10.4 Å². The van der Waals surface area contributed by atoms with E-state index in [1.54, 1.807) is 13.1 Å². The molecule has 0 saturated carbocycles. The number of aryl methyl sites for hydroxylation is 3. The van der Waals surface area contributed by atoms with Crippen molar-refractivity contribution in [3.05, 3.63) is 63.1 Å². The Hall–Kier alpha value is -2.43. The van der Waals surface area contributed by atoms with Crippen LogP contribution in [0, 0.1) is 6.92 Å². The molecule has 5 nitrogen and oxygen atoms in total. The topological polar surface area (TPSA) is 64.0 Å². The maximum absolute atomic E-state index is 12.3. The number of benzene rings is 1. The van der Waals surface area contributed by atoms with Crippen LogP contribution in [0.25, 0.3) is 0 Å². The minimum atomic E-state index is -0.107. The maximum Gasteiger partial charge on any atom is 0.266 e. The highest BCUT2D eigenvalue weighted by Gasteiger charge is 2.22. The van der Waals surface area contributed by atoms with E-state index >= 15 is 0 Å². The molecule has 1 aliphatic rings. The third-order valence-corrected chi connectivity index (χ3v) is 4.07. The van der Waals surface area contributed by atoms with Crippen molar-refractivity contribution in [3.8, 4) is 0 Å². The van der Waals surface area contributed by atoms with Crippen LogP contribution in [0.15, 0.2) is 35.1 Å². The van der Waals surface area contributed by atoms with Crippen LogP contribution < -0.4 is 10.9 Å². The molecule has 0 fully saturated rings. The molecule has 0 saturated heterocycles. The van der Waals surface area contributed by atoms with Crippen molar-refractivity contribution in [1.29, 1.82) is 0 Å². The smallest absolute Gasteiger partial charge is 0.266 e. The van der Waals surface area contributed by atoms with E-state index in [1.807, 2.05) is 31.2 Å². The average Bonchev–Trinajstić information content (AvgIpc) is 2.49. The highest BCUT2D eigenvalue weighted by atomic mass is 16.1. The van der Waals surface area contributed by atoms with Crippen molar-refractivity contribution in [3.63, 3.8) is 0 Å². The van der Waals surface area contributed by atoms with Crippen molar-refractivity contribution in [1.82, 2.24) is 15.1 Å². The first kappa shape index (κ1) is 14.5. The Morgan fingerprint density at radius 2 is 2.18 bits per heavy atom. The number of amides is 1. The predicted molar refractivity (Wildman–Crippen MR) is 83.9 cm³/mol. The molecule has 0 bridgehead atoms. The summed E-state index contributed by atoms with van der Waals surface area (Å²) in [7, 11) is 1.66. The van der Waals surface area contributed by atoms with Crippen LogP contribution in [0.2, 0.25) is 0 Å². The number of nitrogens with zero attached hydrogens (tertiary/aromatic N) is 2. The summed E-state index contributed by atoms with van der Waals surface area (Å²) in [5.74, 6) is -0.0612. The number of hydrogen-bond donors (Lipinski definition) is 1. The zero-order valence-electron chi connectivity index (χ0n) is 12.8. The van der Waals surface area contributed by atoms with Gasteiger partial charge in [0.15, 0.2) is 0 Å². The summed E-state index contributed by atoms with van der Waals surface area (Å²) < 4.78 is 1.37. The maximum atomic E-state index is 12.3. The average molecular weight is 297 g/mol. The Kier molecular flexibility index (Phi) is 3.79. The quantitative estimate of drug-likeness (QED) is 0.910. The van der Waals surface area contributed by atoms with Gasteiger partial charge in [-0.3, -0.25) is 9.59 Å². The largest absolute Gasteiger partial charge is 0.349 e. The fourth-order valence-electron chi connectivity index (χ4n) is 2.86. The van der Waals surface area contributed by atoms with Crippen LogP contribution in [0.3, 0.4) is 0 Å². The van der Waals surface area contributed by atoms with E-state index in [0.717, 1.165) is 29.7 Å². The molecule has 0 aliphatic heterocycles. The lowest BCUT2D eigenvalue weighted by molar-refractivity contribution is 0.0933. The van der Waals surface area contributed by atoms with Crippen molar-refractivity contribution in [2.45, 2.75) is 32.2 Å². The number of aromatic nitrogens is 2. The highest BCUT2D eigenvalue weighted by molar-refractivity contribution is 5.94. The number of carbonyl (C=O) groups excluding carboxylic acids is 1. The minimum Gasteiger partial charge on any atom is -0.349 e. The molecule has 0 spiro atoms. The lowest BCUT2D eigenvalue weighted by atomic mass is 9.92. The third kappa shape index (κ3) is 2.93. The second-order valence-corrected chi connectivity index (χ2v) is 5.86. The van der Waals surface area contributed by atoms with Gasteiger partial charge in [0.2, 0.25) is 0 Å². The van der Waals surface area contributed by atoms with Crippen molar-refractivity contribution >= 4 is 5.91 Å². The van der Waals surface area contributed by atoms with Crippen LogP contribution in [-0.4, -0.2) is 21.7 Å². The molecule has 2 aromatic rings. The fourth-order valence-corrected chi connectivity index (χ4v) is 2.86. The van der Waals surface area contributed by atoms with Crippen LogP contribution in [0.1, 0.15) is 33.6 Å². The monoisotopic (exact) mass is 297 g/mol. The number of carbonyl (C=O) groups is 1. The van der Waals surface area contributed by atoms with E-state index in [4.69, 9.17) is 0 Å². The van der Waals surface area contributed by atoms with E-state index in [0.29, 0.717) is 12.0 Å². The molecule has 114 valence electrons. The third-order valence-electron chi connectivity index (χ3n) is 4.07. The molecule has 1 aromatic heterocycles. The summed E-state index contributed by atoms with van der Waals surface area (Å²) in [6.45, 7) is 1.97. The van der Waals surface area contributed by atoms with Gasteiger partial charge in [0.1, 0.15) is 0 Å². The Labute approximate surface area is 129 Å². The van der Waals surface area contributed by atoms with E-state index in [9.17, 15) is 9.59 Å². The molecule has 0 radical (unpaired) electrons. The van der Waals surface area contributed by atoms with E-state index < -0.39 is 0 Å². The minimum absolute atomic E-state index is 0.0504. The summed E-state index contributed by atoms with van der Waals surface area (Å²) >= 11 is 0. The van der Waals surface area contributed by atoms with Gasteiger partial charge >= 0.3 is 0 Å². The van der Waals surface area contributed by atoms with Gasteiger partial charge in [-0.1, -0.05) is 17.7 Å². The molecular weight excluding hydrogens is 278 g/mol. The first-order valence-electron chi connectivity index (χ1n) is 7.46. The lowest BCUT2D eigenvalue weighted by Gasteiger charge is -2.25. The molecule has 1 aliphatic carbocycles. The molecule has 1 N–H and O–H groups in total. The first-order valence-corrected chi connectivity index (χ1v) is 7.46. The zero-order valence-corrected chi connectivity index (χ0v) is 12.8. The van der Waals surface area contributed by atoms with Gasteiger partial charge in [-0.25, -0.2) is 4.68 Å². The second-order valence-electron chi connectivity index (χ2n) is 5.86. The zero-order chi connectivity index (χ0) is 15.7. The normalized spacial score (nSPS) is 16.9. The SMILES string of the molecule is Cc1cccc(C(=O)NC2CCc3nn(C)c(=O)cc3C2)c1. The van der Waals surface area contributed by atoms with Crippen LogP contribution in [0.5, 0.6) is 0 Å². The molecule has 1 atom stereocenters. The van der Waals surface area contributed by atoms with Gasteiger partial charge in [-0.05, 0) is 43.9 Å². The van der Waals surface area contributed by atoms with Gasteiger partial charge in [0.25, 0.3) is 11.5 Å². The molecule has 1 unspecified atom stereocenters. The van der Waals surface area contributed by atoms with E-state index in [1.165, 1.54) is 4.68 Å². The molecule has 22 heavy (non-hydrogen) atoms. The molecule has 1 heterocycles. The Balaban J connectivity index is 1.74. The van der Waals surface area contributed by atoms with Crippen molar-refractivity contribution < 1.29 is 4.79 Å². The second kappa shape index (κ2) is 5.75.